The van der Waals surface area contributed by atoms with Gasteiger partial charge in [0.1, 0.15) is 5.56 Å². The molecule has 0 radical (unpaired) electrons. The second-order valence-electron chi connectivity index (χ2n) is 4.96. The van der Waals surface area contributed by atoms with E-state index in [-0.39, 0.29) is 18.1 Å². The van der Waals surface area contributed by atoms with E-state index in [1.54, 1.807) is 19.1 Å². The predicted octanol–water partition coefficient (Wildman–Crippen LogP) is 2.84. The minimum atomic E-state index is -0.650. The quantitative estimate of drug-likeness (QED) is 0.791. The van der Waals surface area contributed by atoms with Crippen molar-refractivity contribution in [3.63, 3.8) is 0 Å². The van der Waals surface area contributed by atoms with E-state index in [1.165, 1.54) is 11.8 Å². The molecule has 1 heterocycles. The van der Waals surface area contributed by atoms with Crippen LogP contribution in [0.1, 0.15) is 29.8 Å². The molecule has 6 heteroatoms. The molecule has 1 N–H and O–H groups in total. The fourth-order valence-corrected chi connectivity index (χ4v) is 2.03. The van der Waals surface area contributed by atoms with E-state index in [1.807, 2.05) is 24.3 Å². The Kier molecular flexibility index (Phi) is 6.31. The molecule has 0 aliphatic heterocycles. The molecule has 2 rings (SSSR count). The van der Waals surface area contributed by atoms with E-state index in [0.29, 0.717) is 12.3 Å². The maximum Gasteiger partial charge on any atom is 0.344 e. The molecule has 0 spiro atoms. The summed E-state index contributed by atoms with van der Waals surface area (Å²) in [5, 5.41) is 2.68. The summed E-state index contributed by atoms with van der Waals surface area (Å²) in [7, 11) is 0. The predicted molar refractivity (Wildman–Crippen MR) is 90.1 cm³/mol. The average molecular weight is 328 g/mol. The Labute approximate surface area is 140 Å². The smallest absolute Gasteiger partial charge is 0.344 e. The van der Waals surface area contributed by atoms with Crippen molar-refractivity contribution in [2.24, 2.45) is 0 Å². The number of hydrogen-bond donors (Lipinski definition) is 1. The number of amides is 1. The fraction of sp³-hybridized carbons (Fsp3) is 0.278. The van der Waals surface area contributed by atoms with Gasteiger partial charge in [-0.1, -0.05) is 19.1 Å². The van der Waals surface area contributed by atoms with E-state index in [4.69, 9.17) is 9.47 Å². The maximum absolute atomic E-state index is 12.1. The molecule has 6 nitrogen and oxygen atoms in total. The molecule has 0 unspecified atom stereocenters. The fourth-order valence-electron chi connectivity index (χ4n) is 2.03. The monoisotopic (exact) mass is 328 g/mol. The Morgan fingerprint density at radius 2 is 1.88 bits per heavy atom. The number of nitrogens with one attached hydrogen (secondary N) is 1. The third kappa shape index (κ3) is 4.81. The number of aryl methyl sites for hydroxylation is 1. The van der Waals surface area contributed by atoms with E-state index < -0.39 is 11.9 Å². The van der Waals surface area contributed by atoms with Crippen molar-refractivity contribution in [2.45, 2.75) is 20.3 Å². The van der Waals surface area contributed by atoms with Crippen LogP contribution in [0.3, 0.4) is 0 Å². The summed E-state index contributed by atoms with van der Waals surface area (Å²) in [5.41, 5.74) is 2.03. The summed E-state index contributed by atoms with van der Waals surface area (Å²) in [6.07, 6.45) is 2.45. The van der Waals surface area contributed by atoms with Crippen LogP contribution in [0.5, 0.6) is 5.88 Å². The second kappa shape index (κ2) is 8.67. The van der Waals surface area contributed by atoms with Crippen LogP contribution < -0.4 is 10.1 Å². The number of esters is 1. The molecule has 0 atom stereocenters. The van der Waals surface area contributed by atoms with Gasteiger partial charge < -0.3 is 14.8 Å². The molecular formula is C18H20N2O4. The van der Waals surface area contributed by atoms with E-state index >= 15 is 0 Å². The van der Waals surface area contributed by atoms with Gasteiger partial charge in [-0.05, 0) is 43.2 Å². The van der Waals surface area contributed by atoms with Gasteiger partial charge >= 0.3 is 5.97 Å². The van der Waals surface area contributed by atoms with Gasteiger partial charge in [-0.3, -0.25) is 4.79 Å². The van der Waals surface area contributed by atoms with Crippen LogP contribution >= 0.6 is 0 Å². The Hall–Kier alpha value is -2.89. The minimum Gasteiger partial charge on any atom is -0.477 e. The highest BCUT2D eigenvalue weighted by molar-refractivity contribution is 5.96. The van der Waals surface area contributed by atoms with Crippen molar-refractivity contribution in [1.29, 1.82) is 0 Å². The molecule has 126 valence electrons. The first kappa shape index (κ1) is 17.5. The molecule has 2 aromatic rings. The SMILES string of the molecule is CCOc1ncccc1C(=O)OCC(=O)Nc1ccc(CC)cc1. The van der Waals surface area contributed by atoms with E-state index in [9.17, 15) is 9.59 Å². The standard InChI is InChI=1S/C18H20N2O4/c1-3-13-7-9-14(10-8-13)20-16(21)12-24-18(22)15-6-5-11-19-17(15)23-4-2/h5-11H,3-4,12H2,1-2H3,(H,20,21). The minimum absolute atomic E-state index is 0.194. The van der Waals surface area contributed by atoms with Gasteiger partial charge in [0.15, 0.2) is 6.61 Å². The Balaban J connectivity index is 1.90. The highest BCUT2D eigenvalue weighted by atomic mass is 16.5. The molecule has 1 amide bonds. The van der Waals surface area contributed by atoms with E-state index in [0.717, 1.165) is 6.42 Å². The first-order chi connectivity index (χ1) is 11.6. The Bertz CT molecular complexity index is 698. The lowest BCUT2D eigenvalue weighted by atomic mass is 10.1. The van der Waals surface area contributed by atoms with Gasteiger partial charge in [-0.2, -0.15) is 0 Å². The molecule has 0 bridgehead atoms. The molecule has 0 fully saturated rings. The Morgan fingerprint density at radius 3 is 2.54 bits per heavy atom. The number of carbonyl (C=O) groups is 2. The summed E-state index contributed by atoms with van der Waals surface area (Å²) < 4.78 is 10.3. The lowest BCUT2D eigenvalue weighted by molar-refractivity contribution is -0.119. The highest BCUT2D eigenvalue weighted by Crippen LogP contribution is 2.15. The molecule has 1 aromatic carbocycles. The lowest BCUT2D eigenvalue weighted by Crippen LogP contribution is -2.21. The number of pyridine rings is 1. The molecule has 0 aliphatic rings. The van der Waals surface area contributed by atoms with Crippen molar-refractivity contribution >= 4 is 17.6 Å². The van der Waals surface area contributed by atoms with Crippen molar-refractivity contribution in [2.75, 3.05) is 18.5 Å². The zero-order valence-electron chi connectivity index (χ0n) is 13.7. The normalized spacial score (nSPS) is 10.1. The van der Waals surface area contributed by atoms with Gasteiger partial charge in [0.05, 0.1) is 6.61 Å². The Morgan fingerprint density at radius 1 is 1.12 bits per heavy atom. The van der Waals surface area contributed by atoms with Gasteiger partial charge in [-0.15, -0.1) is 0 Å². The first-order valence-corrected chi connectivity index (χ1v) is 7.77. The van der Waals surface area contributed by atoms with Crippen LogP contribution in [0.2, 0.25) is 0 Å². The van der Waals surface area contributed by atoms with Crippen LogP contribution in [0.4, 0.5) is 5.69 Å². The van der Waals surface area contributed by atoms with Crippen LogP contribution in [0.25, 0.3) is 0 Å². The number of rotatable bonds is 7. The summed E-state index contributed by atoms with van der Waals surface area (Å²) in [4.78, 5) is 27.9. The van der Waals surface area contributed by atoms with Gasteiger partial charge in [0, 0.05) is 11.9 Å². The number of hydrogen-bond acceptors (Lipinski definition) is 5. The third-order valence-electron chi connectivity index (χ3n) is 3.25. The summed E-state index contributed by atoms with van der Waals surface area (Å²) in [6.45, 7) is 3.85. The van der Waals surface area contributed by atoms with Crippen LogP contribution in [0.15, 0.2) is 42.6 Å². The van der Waals surface area contributed by atoms with E-state index in [2.05, 4.69) is 17.2 Å². The second-order valence-corrected chi connectivity index (χ2v) is 4.96. The number of ether oxygens (including phenoxy) is 2. The number of nitrogens with zero attached hydrogens (tertiary/aromatic N) is 1. The zero-order chi connectivity index (χ0) is 17.4. The van der Waals surface area contributed by atoms with Gasteiger partial charge in [0.25, 0.3) is 5.91 Å². The summed E-state index contributed by atoms with van der Waals surface area (Å²) in [6, 6.07) is 10.6. The van der Waals surface area contributed by atoms with Crippen molar-refractivity contribution in [3.05, 3.63) is 53.7 Å². The number of anilines is 1. The largest absolute Gasteiger partial charge is 0.477 e. The molecule has 0 aliphatic carbocycles. The van der Waals surface area contributed by atoms with Crippen molar-refractivity contribution < 1.29 is 19.1 Å². The number of carbonyl (C=O) groups excluding carboxylic acids is 2. The number of aromatic nitrogens is 1. The van der Waals surface area contributed by atoms with Crippen LogP contribution in [0, 0.1) is 0 Å². The molecular weight excluding hydrogens is 308 g/mol. The first-order valence-electron chi connectivity index (χ1n) is 7.77. The molecule has 24 heavy (non-hydrogen) atoms. The van der Waals surface area contributed by atoms with Gasteiger partial charge in [0.2, 0.25) is 5.88 Å². The summed E-state index contributed by atoms with van der Waals surface area (Å²) in [5.74, 6) is -0.863. The number of benzene rings is 1. The van der Waals surface area contributed by atoms with Crippen LogP contribution in [-0.4, -0.2) is 30.1 Å². The average Bonchev–Trinajstić information content (AvgIpc) is 2.61. The third-order valence-corrected chi connectivity index (χ3v) is 3.25. The molecule has 0 saturated heterocycles. The maximum atomic E-state index is 12.1. The zero-order valence-corrected chi connectivity index (χ0v) is 13.7. The van der Waals surface area contributed by atoms with Gasteiger partial charge in [-0.25, -0.2) is 9.78 Å². The molecule has 0 saturated carbocycles. The van der Waals surface area contributed by atoms with Crippen LogP contribution in [-0.2, 0) is 16.0 Å². The summed E-state index contributed by atoms with van der Waals surface area (Å²) >= 11 is 0. The van der Waals surface area contributed by atoms with Crippen molar-refractivity contribution in [1.82, 2.24) is 4.98 Å². The molecule has 1 aromatic heterocycles. The lowest BCUT2D eigenvalue weighted by Gasteiger charge is -2.09. The van der Waals surface area contributed by atoms with Crippen molar-refractivity contribution in [3.8, 4) is 5.88 Å². The highest BCUT2D eigenvalue weighted by Gasteiger charge is 2.16. The topological polar surface area (TPSA) is 77.5 Å².